The van der Waals surface area contributed by atoms with Crippen LogP contribution in [0.5, 0.6) is 5.75 Å². The van der Waals surface area contributed by atoms with Crippen LogP contribution in [-0.2, 0) is 17.9 Å². The molecule has 3 aromatic carbocycles. The highest BCUT2D eigenvalue weighted by Gasteiger charge is 2.20. The molecule has 0 bridgehead atoms. The highest BCUT2D eigenvalue weighted by molar-refractivity contribution is 6.31. The Hall–Kier alpha value is -2.56. The molecular formula is C23H21ClN2O2. The van der Waals surface area contributed by atoms with Crippen molar-refractivity contribution in [3.63, 3.8) is 0 Å². The molecule has 1 fully saturated rings. The Morgan fingerprint density at radius 2 is 2.00 bits per heavy atom. The highest BCUT2D eigenvalue weighted by atomic mass is 35.5. The number of imidazole rings is 1. The van der Waals surface area contributed by atoms with E-state index in [2.05, 4.69) is 22.8 Å². The standard InChI is InChI=1S/C23H21ClN2O2/c24-17-10-11-21-20(13-17)25-23(26(21)14-18-7-4-12-27-18)15-28-22-9-3-6-16-5-1-2-8-19(16)22/h1-3,5-6,8-11,13,18H,4,7,12,14-15H2. The SMILES string of the molecule is Clc1ccc2c(c1)nc(COc1cccc3ccccc13)n2CC1CCCO1. The van der Waals surface area contributed by atoms with Crippen molar-refractivity contribution in [2.45, 2.75) is 32.1 Å². The van der Waals surface area contributed by atoms with E-state index in [9.17, 15) is 0 Å². The number of benzene rings is 3. The van der Waals surface area contributed by atoms with Crippen molar-refractivity contribution in [1.82, 2.24) is 9.55 Å². The summed E-state index contributed by atoms with van der Waals surface area (Å²) in [6, 6.07) is 20.2. The first kappa shape index (κ1) is 17.5. The van der Waals surface area contributed by atoms with Crippen molar-refractivity contribution in [2.24, 2.45) is 0 Å². The highest BCUT2D eigenvalue weighted by Crippen LogP contribution is 2.28. The first-order chi connectivity index (χ1) is 13.8. The van der Waals surface area contributed by atoms with Crippen LogP contribution in [0.15, 0.2) is 60.7 Å². The van der Waals surface area contributed by atoms with Crippen LogP contribution >= 0.6 is 11.6 Å². The van der Waals surface area contributed by atoms with Crippen LogP contribution in [0.1, 0.15) is 18.7 Å². The van der Waals surface area contributed by atoms with Gasteiger partial charge in [0.25, 0.3) is 0 Å². The van der Waals surface area contributed by atoms with Gasteiger partial charge in [-0.1, -0.05) is 48.0 Å². The van der Waals surface area contributed by atoms with Crippen molar-refractivity contribution < 1.29 is 9.47 Å². The summed E-state index contributed by atoms with van der Waals surface area (Å²) in [6.07, 6.45) is 2.42. The molecule has 1 atom stereocenters. The smallest absolute Gasteiger partial charge is 0.148 e. The Morgan fingerprint density at radius 1 is 1.11 bits per heavy atom. The van der Waals surface area contributed by atoms with Gasteiger partial charge in [0.05, 0.1) is 23.7 Å². The largest absolute Gasteiger partial charge is 0.485 e. The van der Waals surface area contributed by atoms with Crippen molar-refractivity contribution in [3.8, 4) is 5.75 Å². The molecule has 1 saturated heterocycles. The molecule has 0 N–H and O–H groups in total. The van der Waals surface area contributed by atoms with Gasteiger partial charge in [-0.25, -0.2) is 4.98 Å². The van der Waals surface area contributed by atoms with Crippen LogP contribution in [0.2, 0.25) is 5.02 Å². The van der Waals surface area contributed by atoms with Gasteiger partial charge in [0.1, 0.15) is 18.2 Å². The predicted molar refractivity (Wildman–Crippen MR) is 112 cm³/mol. The van der Waals surface area contributed by atoms with Gasteiger partial charge in [0.15, 0.2) is 0 Å². The maximum Gasteiger partial charge on any atom is 0.148 e. The van der Waals surface area contributed by atoms with Gasteiger partial charge in [-0.15, -0.1) is 0 Å². The summed E-state index contributed by atoms with van der Waals surface area (Å²) in [5.41, 5.74) is 1.96. The maximum absolute atomic E-state index is 6.21. The molecule has 0 spiro atoms. The number of aromatic nitrogens is 2. The van der Waals surface area contributed by atoms with Crippen LogP contribution in [0.25, 0.3) is 21.8 Å². The summed E-state index contributed by atoms with van der Waals surface area (Å²) in [7, 11) is 0. The van der Waals surface area contributed by atoms with E-state index < -0.39 is 0 Å². The second-order valence-corrected chi connectivity index (χ2v) is 7.61. The molecule has 28 heavy (non-hydrogen) atoms. The van der Waals surface area contributed by atoms with Crippen LogP contribution < -0.4 is 4.74 Å². The molecule has 0 aliphatic carbocycles. The van der Waals surface area contributed by atoms with E-state index in [0.29, 0.717) is 11.6 Å². The molecule has 0 saturated carbocycles. The van der Waals surface area contributed by atoms with E-state index in [1.54, 1.807) is 0 Å². The third-order valence-corrected chi connectivity index (χ3v) is 5.54. The van der Waals surface area contributed by atoms with Crippen molar-refractivity contribution in [2.75, 3.05) is 6.61 Å². The monoisotopic (exact) mass is 392 g/mol. The molecule has 1 aliphatic rings. The van der Waals surface area contributed by atoms with E-state index in [1.165, 1.54) is 5.39 Å². The second-order valence-electron chi connectivity index (χ2n) is 7.17. The summed E-state index contributed by atoms with van der Waals surface area (Å²) in [5, 5.41) is 2.96. The van der Waals surface area contributed by atoms with Crippen molar-refractivity contribution in [1.29, 1.82) is 0 Å². The number of halogens is 1. The molecule has 0 radical (unpaired) electrons. The number of hydrogen-bond acceptors (Lipinski definition) is 3. The van der Waals surface area contributed by atoms with Crippen molar-refractivity contribution in [3.05, 3.63) is 71.5 Å². The maximum atomic E-state index is 6.21. The van der Waals surface area contributed by atoms with E-state index in [-0.39, 0.29) is 6.10 Å². The molecule has 2 heterocycles. The van der Waals surface area contributed by atoms with Gasteiger partial charge in [-0.3, -0.25) is 0 Å². The number of ether oxygens (including phenoxy) is 2. The Labute approximate surface area is 168 Å². The summed E-state index contributed by atoms with van der Waals surface area (Å²) >= 11 is 6.18. The van der Waals surface area contributed by atoms with Gasteiger partial charge < -0.3 is 14.0 Å². The minimum absolute atomic E-state index is 0.226. The number of fused-ring (bicyclic) bond motifs is 2. The Bertz CT molecular complexity index is 1130. The van der Waals surface area contributed by atoms with Crippen LogP contribution in [0, 0.1) is 0 Å². The quantitative estimate of drug-likeness (QED) is 0.443. The van der Waals surface area contributed by atoms with E-state index in [1.807, 2.05) is 42.5 Å². The molecule has 1 aromatic heterocycles. The summed E-state index contributed by atoms with van der Waals surface area (Å²) in [5.74, 6) is 1.76. The first-order valence-electron chi connectivity index (χ1n) is 9.65. The van der Waals surface area contributed by atoms with Crippen LogP contribution in [-0.4, -0.2) is 22.3 Å². The third kappa shape index (κ3) is 3.34. The molecule has 4 nitrogen and oxygen atoms in total. The lowest BCUT2D eigenvalue weighted by Crippen LogP contribution is -2.18. The van der Waals surface area contributed by atoms with Crippen LogP contribution in [0.3, 0.4) is 0 Å². The molecule has 142 valence electrons. The van der Waals surface area contributed by atoms with E-state index >= 15 is 0 Å². The zero-order valence-electron chi connectivity index (χ0n) is 15.5. The zero-order chi connectivity index (χ0) is 18.9. The lowest BCUT2D eigenvalue weighted by Gasteiger charge is -2.15. The predicted octanol–water partition coefficient (Wildman–Crippen LogP) is 5.60. The average Bonchev–Trinajstić information content (AvgIpc) is 3.34. The minimum Gasteiger partial charge on any atom is -0.485 e. The lowest BCUT2D eigenvalue weighted by atomic mass is 10.1. The zero-order valence-corrected chi connectivity index (χ0v) is 16.2. The second kappa shape index (κ2) is 7.46. The summed E-state index contributed by atoms with van der Waals surface area (Å²) < 4.78 is 14.3. The molecule has 1 aliphatic heterocycles. The Morgan fingerprint density at radius 3 is 2.89 bits per heavy atom. The van der Waals surface area contributed by atoms with Gasteiger partial charge in [0, 0.05) is 17.0 Å². The number of hydrogen-bond donors (Lipinski definition) is 0. The summed E-state index contributed by atoms with van der Waals surface area (Å²) in [4.78, 5) is 4.81. The van der Waals surface area contributed by atoms with E-state index in [4.69, 9.17) is 26.1 Å². The Kier molecular flexibility index (Phi) is 4.67. The molecule has 1 unspecified atom stereocenters. The third-order valence-electron chi connectivity index (χ3n) is 5.31. The van der Waals surface area contributed by atoms with Crippen LogP contribution in [0.4, 0.5) is 0 Å². The Balaban J connectivity index is 1.48. The lowest BCUT2D eigenvalue weighted by molar-refractivity contribution is 0.0963. The first-order valence-corrected chi connectivity index (χ1v) is 10.0. The molecule has 5 rings (SSSR count). The molecule has 5 heteroatoms. The number of rotatable bonds is 5. The average molecular weight is 393 g/mol. The minimum atomic E-state index is 0.226. The fourth-order valence-electron chi connectivity index (χ4n) is 3.92. The summed E-state index contributed by atoms with van der Waals surface area (Å²) in [6.45, 7) is 2.02. The fourth-order valence-corrected chi connectivity index (χ4v) is 4.09. The fraction of sp³-hybridized carbons (Fsp3) is 0.261. The van der Waals surface area contributed by atoms with Gasteiger partial charge in [-0.2, -0.15) is 0 Å². The van der Waals surface area contributed by atoms with E-state index in [0.717, 1.165) is 54.0 Å². The molecule has 4 aromatic rings. The normalized spacial score (nSPS) is 16.8. The molecule has 0 amide bonds. The van der Waals surface area contributed by atoms with Crippen molar-refractivity contribution >= 4 is 33.4 Å². The van der Waals surface area contributed by atoms with Gasteiger partial charge in [0.2, 0.25) is 0 Å². The molecular weight excluding hydrogens is 372 g/mol. The van der Waals surface area contributed by atoms with Gasteiger partial charge in [-0.05, 0) is 42.5 Å². The topological polar surface area (TPSA) is 36.3 Å². The van der Waals surface area contributed by atoms with Gasteiger partial charge >= 0.3 is 0 Å². The number of nitrogens with zero attached hydrogens (tertiary/aromatic N) is 2.